The maximum absolute atomic E-state index is 10.3. The van der Waals surface area contributed by atoms with Crippen molar-refractivity contribution in [2.75, 3.05) is 0 Å². The van der Waals surface area contributed by atoms with Gasteiger partial charge in [-0.15, -0.1) is 0 Å². The average molecular weight is 246 g/mol. The molecule has 0 rings (SSSR count). The SMILES string of the molecule is CCCCCCCCCCCCCC(=O)O.O. The van der Waals surface area contributed by atoms with Gasteiger partial charge in [-0.3, -0.25) is 4.79 Å². The van der Waals surface area contributed by atoms with E-state index in [1.165, 1.54) is 57.8 Å². The second kappa shape index (κ2) is 15.4. The summed E-state index contributed by atoms with van der Waals surface area (Å²) in [5, 5.41) is 8.46. The van der Waals surface area contributed by atoms with E-state index in [2.05, 4.69) is 6.92 Å². The minimum Gasteiger partial charge on any atom is -0.481 e. The summed E-state index contributed by atoms with van der Waals surface area (Å²) in [6.45, 7) is 2.25. The Balaban J connectivity index is 0. The Morgan fingerprint density at radius 1 is 0.765 bits per heavy atom. The molecule has 0 amide bonds. The maximum atomic E-state index is 10.3. The van der Waals surface area contributed by atoms with Gasteiger partial charge in [0.25, 0.3) is 0 Å². The van der Waals surface area contributed by atoms with Crippen molar-refractivity contribution >= 4 is 5.97 Å². The van der Waals surface area contributed by atoms with Crippen LogP contribution in [0.1, 0.15) is 84.0 Å². The first-order chi connectivity index (χ1) is 7.77. The van der Waals surface area contributed by atoms with E-state index in [0.717, 1.165) is 12.8 Å². The standard InChI is InChI=1S/C14H28O2.H2O/c1-2-3-4-5-6-7-8-9-10-11-12-13-14(15)16;/h2-13H2,1H3,(H,15,16);1H2. The number of hydrogen-bond acceptors (Lipinski definition) is 1. The summed E-state index contributed by atoms with van der Waals surface area (Å²) < 4.78 is 0. The van der Waals surface area contributed by atoms with E-state index in [1.807, 2.05) is 0 Å². The van der Waals surface area contributed by atoms with Crippen molar-refractivity contribution in [3.8, 4) is 0 Å². The van der Waals surface area contributed by atoms with Crippen LogP contribution in [0, 0.1) is 0 Å². The molecule has 0 aromatic carbocycles. The number of carboxylic acids is 1. The van der Waals surface area contributed by atoms with Crippen LogP contribution < -0.4 is 0 Å². The number of hydrogen-bond donors (Lipinski definition) is 1. The van der Waals surface area contributed by atoms with Gasteiger partial charge < -0.3 is 10.6 Å². The zero-order valence-electron chi connectivity index (χ0n) is 11.3. The normalized spacial score (nSPS) is 9.94. The van der Waals surface area contributed by atoms with Gasteiger partial charge in [0.05, 0.1) is 0 Å². The minimum atomic E-state index is -0.657. The zero-order valence-corrected chi connectivity index (χ0v) is 11.3. The fourth-order valence-corrected chi connectivity index (χ4v) is 1.94. The van der Waals surface area contributed by atoms with E-state index in [-0.39, 0.29) is 5.48 Å². The monoisotopic (exact) mass is 246 g/mol. The molecule has 0 aromatic rings. The van der Waals surface area contributed by atoms with E-state index in [0.29, 0.717) is 6.42 Å². The lowest BCUT2D eigenvalue weighted by Gasteiger charge is -2.01. The molecule has 0 unspecified atom stereocenters. The quantitative estimate of drug-likeness (QED) is 0.530. The van der Waals surface area contributed by atoms with Crippen molar-refractivity contribution < 1.29 is 15.4 Å². The number of rotatable bonds is 12. The first-order valence-corrected chi connectivity index (χ1v) is 6.99. The van der Waals surface area contributed by atoms with Crippen molar-refractivity contribution in [2.24, 2.45) is 0 Å². The predicted octanol–water partition coefficient (Wildman–Crippen LogP) is 3.95. The second-order valence-electron chi connectivity index (χ2n) is 4.68. The van der Waals surface area contributed by atoms with Crippen LogP contribution in [0.3, 0.4) is 0 Å². The largest absolute Gasteiger partial charge is 0.481 e. The van der Waals surface area contributed by atoms with Crippen molar-refractivity contribution in [3.05, 3.63) is 0 Å². The Hall–Kier alpha value is -0.570. The average Bonchev–Trinajstić information content (AvgIpc) is 2.25. The van der Waals surface area contributed by atoms with Crippen molar-refractivity contribution in [2.45, 2.75) is 84.0 Å². The molecule has 0 aliphatic rings. The van der Waals surface area contributed by atoms with Gasteiger partial charge in [0, 0.05) is 6.42 Å². The van der Waals surface area contributed by atoms with Gasteiger partial charge in [-0.25, -0.2) is 0 Å². The molecule has 0 fully saturated rings. The summed E-state index contributed by atoms with van der Waals surface area (Å²) in [5.41, 5.74) is 0. The number of unbranched alkanes of at least 4 members (excludes halogenated alkanes) is 10. The van der Waals surface area contributed by atoms with Crippen molar-refractivity contribution in [1.29, 1.82) is 0 Å². The van der Waals surface area contributed by atoms with Gasteiger partial charge in [-0.05, 0) is 6.42 Å². The molecule has 0 aliphatic heterocycles. The van der Waals surface area contributed by atoms with Crippen LogP contribution in [0.4, 0.5) is 0 Å². The molecule has 0 aromatic heterocycles. The fourth-order valence-electron chi connectivity index (χ4n) is 1.94. The van der Waals surface area contributed by atoms with E-state index < -0.39 is 5.97 Å². The zero-order chi connectivity index (χ0) is 12.1. The van der Waals surface area contributed by atoms with Crippen LogP contribution in [0.25, 0.3) is 0 Å². The second-order valence-corrected chi connectivity index (χ2v) is 4.68. The molecule has 0 bridgehead atoms. The highest BCUT2D eigenvalue weighted by Crippen LogP contribution is 2.11. The first kappa shape index (κ1) is 18.8. The van der Waals surface area contributed by atoms with Crippen LogP contribution in [0.15, 0.2) is 0 Å². The molecule has 0 aliphatic carbocycles. The summed E-state index contributed by atoms with van der Waals surface area (Å²) in [5.74, 6) is -0.657. The number of carboxylic acid groups (broad SMARTS) is 1. The predicted molar refractivity (Wildman–Crippen MR) is 72.3 cm³/mol. The third-order valence-corrected chi connectivity index (χ3v) is 2.99. The molecular weight excluding hydrogens is 216 g/mol. The van der Waals surface area contributed by atoms with Gasteiger partial charge in [0.15, 0.2) is 0 Å². The first-order valence-electron chi connectivity index (χ1n) is 6.99. The molecule has 0 heterocycles. The molecule has 0 atom stereocenters. The van der Waals surface area contributed by atoms with Crippen LogP contribution in [-0.4, -0.2) is 16.6 Å². The molecule has 17 heavy (non-hydrogen) atoms. The topological polar surface area (TPSA) is 68.8 Å². The van der Waals surface area contributed by atoms with Crippen LogP contribution in [0.2, 0.25) is 0 Å². The van der Waals surface area contributed by atoms with Gasteiger partial charge in [0.1, 0.15) is 0 Å². The molecule has 3 N–H and O–H groups in total. The fraction of sp³-hybridized carbons (Fsp3) is 0.929. The number of aliphatic carboxylic acids is 1. The smallest absolute Gasteiger partial charge is 0.303 e. The van der Waals surface area contributed by atoms with Crippen molar-refractivity contribution in [1.82, 2.24) is 0 Å². The lowest BCUT2D eigenvalue weighted by atomic mass is 10.1. The molecule has 104 valence electrons. The summed E-state index contributed by atoms with van der Waals surface area (Å²) in [6, 6.07) is 0. The molecule has 0 saturated carbocycles. The van der Waals surface area contributed by atoms with E-state index in [1.54, 1.807) is 0 Å². The molecule has 3 nitrogen and oxygen atoms in total. The summed E-state index contributed by atoms with van der Waals surface area (Å²) >= 11 is 0. The molecule has 3 heteroatoms. The molecular formula is C14H30O3. The minimum absolute atomic E-state index is 0. The Labute approximate surface area is 106 Å². The lowest BCUT2D eigenvalue weighted by Crippen LogP contribution is -1.93. The lowest BCUT2D eigenvalue weighted by molar-refractivity contribution is -0.137. The summed E-state index contributed by atoms with van der Waals surface area (Å²) in [4.78, 5) is 10.3. The Bertz CT molecular complexity index is 158. The Kier molecular flexibility index (Phi) is 17.1. The van der Waals surface area contributed by atoms with Gasteiger partial charge in [0.2, 0.25) is 0 Å². The molecule has 0 saturated heterocycles. The van der Waals surface area contributed by atoms with Crippen molar-refractivity contribution in [3.63, 3.8) is 0 Å². The highest BCUT2D eigenvalue weighted by molar-refractivity contribution is 5.66. The Morgan fingerprint density at radius 3 is 1.47 bits per heavy atom. The van der Waals surface area contributed by atoms with Crippen LogP contribution in [0.5, 0.6) is 0 Å². The van der Waals surface area contributed by atoms with E-state index in [4.69, 9.17) is 5.11 Å². The van der Waals surface area contributed by atoms with E-state index >= 15 is 0 Å². The maximum Gasteiger partial charge on any atom is 0.303 e. The summed E-state index contributed by atoms with van der Waals surface area (Å²) in [7, 11) is 0. The van der Waals surface area contributed by atoms with Crippen LogP contribution in [-0.2, 0) is 4.79 Å². The summed E-state index contributed by atoms with van der Waals surface area (Å²) in [6.07, 6.45) is 14.4. The molecule has 0 spiro atoms. The van der Waals surface area contributed by atoms with Crippen LogP contribution >= 0.6 is 0 Å². The highest BCUT2D eigenvalue weighted by Gasteiger charge is 1.96. The van der Waals surface area contributed by atoms with Gasteiger partial charge in [-0.1, -0.05) is 71.1 Å². The van der Waals surface area contributed by atoms with Gasteiger partial charge in [-0.2, -0.15) is 0 Å². The Morgan fingerprint density at radius 2 is 1.12 bits per heavy atom. The third-order valence-electron chi connectivity index (χ3n) is 2.99. The third kappa shape index (κ3) is 18.0. The number of carbonyl (C=O) groups is 1. The molecule has 0 radical (unpaired) electrons. The van der Waals surface area contributed by atoms with E-state index in [9.17, 15) is 4.79 Å². The highest BCUT2D eigenvalue weighted by atomic mass is 16.4. The van der Waals surface area contributed by atoms with Gasteiger partial charge >= 0.3 is 5.97 Å².